The third-order valence-corrected chi connectivity index (χ3v) is 0. The van der Waals surface area contributed by atoms with E-state index in [2.05, 4.69) is 0 Å². The van der Waals surface area contributed by atoms with Crippen LogP contribution in [0.4, 0.5) is 0 Å². The molecule has 0 spiro atoms. The van der Waals surface area contributed by atoms with Gasteiger partial charge in [0.05, 0.1) is 0 Å². The summed E-state index contributed by atoms with van der Waals surface area (Å²) in [4.78, 5) is 0. The van der Waals surface area contributed by atoms with Gasteiger partial charge in [-0.3, -0.25) is 0 Å². The first-order chi connectivity index (χ1) is 2.00. The van der Waals surface area contributed by atoms with Crippen LogP contribution in [0.3, 0.4) is 0 Å². The first-order valence-electron chi connectivity index (χ1n) is 0.365. The molecule has 0 bridgehead atoms. The second kappa shape index (κ2) is 26.5. The minimum atomic E-state index is 0.194. The first-order valence-corrected chi connectivity index (χ1v) is 3.20. The van der Waals surface area contributed by atoms with E-state index in [1.54, 1.807) is 0 Å². The topological polar surface area (TPSA) is 34.1 Å². The van der Waals surface area contributed by atoms with Crippen LogP contribution in [0.1, 0.15) is 0 Å². The molecule has 2 nitrogen and oxygen atoms in total. The molecule has 0 aliphatic heterocycles. The van der Waals surface area contributed by atoms with E-state index in [9.17, 15) is 0 Å². The van der Waals surface area contributed by atoms with Crippen molar-refractivity contribution in [3.63, 3.8) is 0 Å². The SMILES string of the molecule is [O]=[Bi+].[O]=[Bi+]. The van der Waals surface area contributed by atoms with Gasteiger partial charge in [-0.2, -0.15) is 0 Å². The van der Waals surface area contributed by atoms with Gasteiger partial charge < -0.3 is 0 Å². The molecule has 4 radical (unpaired) electrons. The monoisotopic (exact) mass is 450 g/mol. The van der Waals surface area contributed by atoms with Crippen molar-refractivity contribution in [2.45, 2.75) is 0 Å². The van der Waals surface area contributed by atoms with Crippen molar-refractivity contribution >= 4 is 49.4 Å². The van der Waals surface area contributed by atoms with E-state index >= 15 is 0 Å². The molecule has 4 heavy (non-hydrogen) atoms. The van der Waals surface area contributed by atoms with Gasteiger partial charge in [-0.25, -0.2) is 0 Å². The summed E-state index contributed by atoms with van der Waals surface area (Å²) in [5, 5.41) is 0. The fourth-order valence-electron chi connectivity index (χ4n) is 0. The van der Waals surface area contributed by atoms with Gasteiger partial charge in [0.15, 0.2) is 0 Å². The zero-order chi connectivity index (χ0) is 4.00. The third-order valence-electron chi connectivity index (χ3n) is 0. The van der Waals surface area contributed by atoms with Crippen LogP contribution in [0, 0.1) is 0 Å². The predicted molar refractivity (Wildman–Crippen MR) is 12.9 cm³/mol. The van der Waals surface area contributed by atoms with Crippen LogP contribution < -0.4 is 0 Å². The summed E-state index contributed by atoms with van der Waals surface area (Å²) < 4.78 is 16.7. The van der Waals surface area contributed by atoms with Crippen molar-refractivity contribution in [3.8, 4) is 0 Å². The van der Waals surface area contributed by atoms with Crippen LogP contribution in [-0.4, -0.2) is 49.4 Å². The molecular formula is Bi2O2+2. The van der Waals surface area contributed by atoms with Crippen molar-refractivity contribution in [1.29, 1.82) is 0 Å². The summed E-state index contributed by atoms with van der Waals surface area (Å²) in [5.41, 5.74) is 0. The minimum absolute atomic E-state index is 0.194. The van der Waals surface area contributed by atoms with Crippen molar-refractivity contribution in [3.05, 3.63) is 0 Å². The summed E-state index contributed by atoms with van der Waals surface area (Å²) in [6.45, 7) is 0. The van der Waals surface area contributed by atoms with E-state index in [4.69, 9.17) is 5.63 Å². The van der Waals surface area contributed by atoms with Crippen LogP contribution in [0.15, 0.2) is 0 Å². The molecule has 0 aliphatic carbocycles. The van der Waals surface area contributed by atoms with Crippen molar-refractivity contribution < 1.29 is 5.63 Å². The number of hydrogen-bond acceptors (Lipinski definition) is 2. The number of hydrogen-bond donors (Lipinski definition) is 0. The van der Waals surface area contributed by atoms with Gasteiger partial charge in [-0.05, 0) is 0 Å². The Morgan fingerprint density at radius 2 is 0.750 bits per heavy atom. The maximum atomic E-state index is 8.36. The molecular weight excluding hydrogens is 450 g/mol. The second-order valence-electron chi connectivity index (χ2n) is 0. The summed E-state index contributed by atoms with van der Waals surface area (Å²) in [6, 6.07) is 0. The van der Waals surface area contributed by atoms with Gasteiger partial charge in [0, 0.05) is 0 Å². The molecule has 0 fully saturated rings. The summed E-state index contributed by atoms with van der Waals surface area (Å²) >= 11 is 0.389. The summed E-state index contributed by atoms with van der Waals surface area (Å²) in [6.07, 6.45) is 0. The van der Waals surface area contributed by atoms with Gasteiger partial charge in [0.25, 0.3) is 0 Å². The molecule has 0 heterocycles. The molecule has 0 unspecified atom stereocenters. The van der Waals surface area contributed by atoms with Gasteiger partial charge in [-0.1, -0.05) is 0 Å². The fraction of sp³-hybridized carbons (Fsp3) is 0. The van der Waals surface area contributed by atoms with Crippen LogP contribution >= 0.6 is 0 Å². The second-order valence-corrected chi connectivity index (χ2v) is 0. The Kier molecular flexibility index (Phi) is 59.8. The predicted octanol–water partition coefficient (Wildman–Crippen LogP) is -0.999. The zero-order valence-corrected chi connectivity index (χ0v) is 8.67. The van der Waals surface area contributed by atoms with Crippen molar-refractivity contribution in [1.82, 2.24) is 0 Å². The van der Waals surface area contributed by atoms with Crippen molar-refractivity contribution in [2.75, 3.05) is 0 Å². The normalized spacial score (nSPS) is 2.00. The van der Waals surface area contributed by atoms with Crippen LogP contribution in [-0.2, 0) is 5.63 Å². The van der Waals surface area contributed by atoms with Gasteiger partial charge in [-0.15, -0.1) is 0 Å². The standard InChI is InChI=1S/2Bi.2O/q2*+1;;. The Morgan fingerprint density at radius 1 is 0.750 bits per heavy atom. The quantitative estimate of drug-likeness (QED) is 0.445. The average molecular weight is 450 g/mol. The molecule has 0 N–H and O–H groups in total. The van der Waals surface area contributed by atoms with E-state index < -0.39 is 0 Å². The van der Waals surface area contributed by atoms with Crippen LogP contribution in [0.2, 0.25) is 0 Å². The Bertz CT molecular complexity index is 6.00. The average Bonchev–Trinajstić information content (AvgIpc) is 1.50. The molecule has 0 saturated heterocycles. The van der Waals surface area contributed by atoms with E-state index in [0.29, 0.717) is 0 Å². The molecule has 0 rings (SSSR count). The third kappa shape index (κ3) is 10.1. The molecule has 0 amide bonds. The van der Waals surface area contributed by atoms with Crippen LogP contribution in [0.5, 0.6) is 0 Å². The molecule has 20 valence electrons. The van der Waals surface area contributed by atoms with E-state index in [-0.39, 0.29) is 49.4 Å². The first kappa shape index (κ1) is 9.03. The Hall–Kier alpha value is 1.37. The molecule has 0 aromatic rings. The molecule has 0 aromatic carbocycles. The fourth-order valence-corrected chi connectivity index (χ4v) is 0. The Balaban J connectivity index is 0. The summed E-state index contributed by atoms with van der Waals surface area (Å²) in [5.74, 6) is 0. The van der Waals surface area contributed by atoms with Gasteiger partial charge in [0.1, 0.15) is 0 Å². The van der Waals surface area contributed by atoms with Gasteiger partial charge >= 0.3 is 55.1 Å². The summed E-state index contributed by atoms with van der Waals surface area (Å²) in [7, 11) is 0. The van der Waals surface area contributed by atoms with E-state index in [1.165, 1.54) is 0 Å². The number of rotatable bonds is 0. The van der Waals surface area contributed by atoms with E-state index in [1.807, 2.05) is 0 Å². The zero-order valence-electron chi connectivity index (χ0n) is 1.71. The van der Waals surface area contributed by atoms with Crippen LogP contribution in [0.25, 0.3) is 0 Å². The maximum absolute atomic E-state index is 8.36. The van der Waals surface area contributed by atoms with Gasteiger partial charge in [0.2, 0.25) is 0 Å². The Morgan fingerprint density at radius 3 is 0.750 bits per heavy atom. The molecule has 0 atom stereocenters. The Labute approximate surface area is 54.5 Å². The molecule has 0 aromatic heterocycles. The molecule has 0 saturated carbocycles. The molecule has 0 aliphatic rings. The molecule has 4 heteroatoms. The van der Waals surface area contributed by atoms with Crippen molar-refractivity contribution in [2.24, 2.45) is 0 Å². The van der Waals surface area contributed by atoms with E-state index in [0.717, 1.165) is 0 Å².